The van der Waals surface area contributed by atoms with Gasteiger partial charge >= 0.3 is 0 Å². The van der Waals surface area contributed by atoms with Gasteiger partial charge in [-0.15, -0.1) is 0 Å². The molecule has 1 aromatic carbocycles. The molecule has 0 aromatic heterocycles. The van der Waals surface area contributed by atoms with E-state index >= 15 is 0 Å². The molecule has 0 amide bonds. The number of aliphatic hydroxyl groups excluding tert-OH is 1. The van der Waals surface area contributed by atoms with E-state index < -0.39 is 11.9 Å². The van der Waals surface area contributed by atoms with Crippen LogP contribution in [0.15, 0.2) is 18.2 Å². The number of rotatable bonds is 6. The SMILES string of the molecule is COCC(O)CN(C)c1ccc(C(C)=O)cc1F. The number of ether oxygens (including phenoxy) is 1. The second-order valence-corrected chi connectivity index (χ2v) is 4.21. The first kappa shape index (κ1) is 14.6. The number of Topliss-reactive ketones (excluding diaryl/α,β-unsaturated/α-hetero) is 1. The van der Waals surface area contributed by atoms with Crippen molar-refractivity contribution in [3.8, 4) is 0 Å². The molecule has 1 rings (SSSR count). The van der Waals surface area contributed by atoms with E-state index in [1.54, 1.807) is 18.0 Å². The van der Waals surface area contributed by atoms with Crippen molar-refractivity contribution < 1.29 is 19.0 Å². The third-order valence-corrected chi connectivity index (χ3v) is 2.61. The molecule has 0 fully saturated rings. The van der Waals surface area contributed by atoms with Gasteiger partial charge in [0.1, 0.15) is 5.82 Å². The predicted octanol–water partition coefficient (Wildman–Crippen LogP) is 1.47. The lowest BCUT2D eigenvalue weighted by atomic mass is 10.1. The number of carbonyl (C=O) groups is 1. The van der Waals surface area contributed by atoms with Crippen molar-refractivity contribution >= 4 is 11.5 Å². The Hall–Kier alpha value is -1.46. The predicted molar refractivity (Wildman–Crippen MR) is 67.6 cm³/mol. The number of aliphatic hydroxyl groups is 1. The molecule has 100 valence electrons. The Labute approximate surface area is 106 Å². The Morgan fingerprint density at radius 2 is 2.22 bits per heavy atom. The molecular formula is C13H18FNO3. The van der Waals surface area contributed by atoms with Crippen molar-refractivity contribution in [2.75, 3.05) is 32.2 Å². The average molecular weight is 255 g/mol. The molecule has 1 N–H and O–H groups in total. The lowest BCUT2D eigenvalue weighted by Crippen LogP contribution is -2.32. The first-order chi connectivity index (χ1) is 8.45. The van der Waals surface area contributed by atoms with Gasteiger partial charge in [0.2, 0.25) is 0 Å². The number of ketones is 1. The van der Waals surface area contributed by atoms with E-state index in [2.05, 4.69) is 0 Å². The lowest BCUT2D eigenvalue weighted by Gasteiger charge is -2.23. The number of halogens is 1. The van der Waals surface area contributed by atoms with E-state index in [1.165, 1.54) is 26.2 Å². The van der Waals surface area contributed by atoms with Gasteiger partial charge in [0.25, 0.3) is 0 Å². The molecular weight excluding hydrogens is 237 g/mol. The third-order valence-electron chi connectivity index (χ3n) is 2.61. The first-order valence-corrected chi connectivity index (χ1v) is 5.64. The summed E-state index contributed by atoms with van der Waals surface area (Å²) in [6.07, 6.45) is -0.688. The highest BCUT2D eigenvalue weighted by Gasteiger charge is 2.13. The standard InChI is InChI=1S/C13H18FNO3/c1-9(16)10-4-5-13(12(14)6-10)15(2)7-11(17)8-18-3/h4-6,11,17H,7-8H2,1-3H3. The largest absolute Gasteiger partial charge is 0.389 e. The van der Waals surface area contributed by atoms with Crippen molar-refractivity contribution in [1.29, 1.82) is 0 Å². The van der Waals surface area contributed by atoms with Gasteiger partial charge in [0.05, 0.1) is 18.4 Å². The van der Waals surface area contributed by atoms with Crippen LogP contribution in [0.3, 0.4) is 0 Å². The Balaban J connectivity index is 2.80. The van der Waals surface area contributed by atoms with Gasteiger partial charge in [0.15, 0.2) is 5.78 Å². The number of anilines is 1. The normalized spacial score (nSPS) is 12.3. The molecule has 1 aromatic rings. The first-order valence-electron chi connectivity index (χ1n) is 5.64. The number of carbonyl (C=O) groups excluding carboxylic acids is 1. The summed E-state index contributed by atoms with van der Waals surface area (Å²) in [6, 6.07) is 4.31. The minimum Gasteiger partial charge on any atom is -0.389 e. The van der Waals surface area contributed by atoms with Crippen LogP contribution in [0.25, 0.3) is 0 Å². The quantitative estimate of drug-likeness (QED) is 0.782. The second kappa shape index (κ2) is 6.47. The molecule has 1 atom stereocenters. The topological polar surface area (TPSA) is 49.8 Å². The summed E-state index contributed by atoms with van der Waals surface area (Å²) < 4.78 is 18.6. The number of likely N-dealkylation sites (N-methyl/N-ethyl adjacent to an activating group) is 1. The minimum absolute atomic E-state index is 0.178. The lowest BCUT2D eigenvalue weighted by molar-refractivity contribution is 0.0694. The minimum atomic E-state index is -0.688. The van der Waals surface area contributed by atoms with Crippen LogP contribution in [0.4, 0.5) is 10.1 Å². The van der Waals surface area contributed by atoms with Gasteiger partial charge in [-0.2, -0.15) is 0 Å². The number of hydrogen-bond acceptors (Lipinski definition) is 4. The van der Waals surface area contributed by atoms with Crippen molar-refractivity contribution in [2.45, 2.75) is 13.0 Å². The molecule has 0 spiro atoms. The third kappa shape index (κ3) is 3.78. The summed E-state index contributed by atoms with van der Waals surface area (Å²) in [5.41, 5.74) is 0.678. The van der Waals surface area contributed by atoms with Crippen LogP contribution in [0.1, 0.15) is 17.3 Å². The molecule has 0 saturated heterocycles. The molecule has 0 aliphatic heterocycles. The van der Waals surface area contributed by atoms with Gasteiger partial charge in [-0.1, -0.05) is 0 Å². The highest BCUT2D eigenvalue weighted by atomic mass is 19.1. The van der Waals surface area contributed by atoms with E-state index in [4.69, 9.17) is 4.74 Å². The maximum atomic E-state index is 13.8. The summed E-state index contributed by atoms with van der Waals surface area (Å²) in [5, 5.41) is 9.57. The molecule has 18 heavy (non-hydrogen) atoms. The zero-order valence-electron chi connectivity index (χ0n) is 10.8. The summed E-state index contributed by atoms with van der Waals surface area (Å²) >= 11 is 0. The maximum Gasteiger partial charge on any atom is 0.159 e. The molecule has 0 heterocycles. The molecule has 0 saturated carbocycles. The van der Waals surface area contributed by atoms with Crippen LogP contribution < -0.4 is 4.90 Å². The summed E-state index contributed by atoms with van der Waals surface area (Å²) in [7, 11) is 3.16. The maximum absolute atomic E-state index is 13.8. The van der Waals surface area contributed by atoms with Crippen molar-refractivity contribution in [1.82, 2.24) is 0 Å². The average Bonchev–Trinajstić information content (AvgIpc) is 2.28. The van der Waals surface area contributed by atoms with E-state index in [0.717, 1.165) is 0 Å². The van der Waals surface area contributed by atoms with Crippen LogP contribution >= 0.6 is 0 Å². The number of benzene rings is 1. The number of hydrogen-bond donors (Lipinski definition) is 1. The Morgan fingerprint density at radius 1 is 1.56 bits per heavy atom. The van der Waals surface area contributed by atoms with Gasteiger partial charge in [-0.3, -0.25) is 4.79 Å². The monoisotopic (exact) mass is 255 g/mol. The van der Waals surface area contributed by atoms with Gasteiger partial charge in [-0.05, 0) is 25.1 Å². The second-order valence-electron chi connectivity index (χ2n) is 4.21. The summed E-state index contributed by atoms with van der Waals surface area (Å²) in [6.45, 7) is 1.84. The van der Waals surface area contributed by atoms with Gasteiger partial charge in [0, 0.05) is 26.3 Å². The fraction of sp³-hybridized carbons (Fsp3) is 0.462. The van der Waals surface area contributed by atoms with E-state index in [0.29, 0.717) is 11.3 Å². The fourth-order valence-corrected chi connectivity index (χ4v) is 1.70. The fourth-order valence-electron chi connectivity index (χ4n) is 1.70. The smallest absolute Gasteiger partial charge is 0.159 e. The zero-order valence-corrected chi connectivity index (χ0v) is 10.8. The van der Waals surface area contributed by atoms with Crippen LogP contribution in [-0.2, 0) is 4.74 Å². The van der Waals surface area contributed by atoms with Crippen molar-refractivity contribution in [3.05, 3.63) is 29.6 Å². The Bertz CT molecular complexity index is 423. The highest BCUT2D eigenvalue weighted by molar-refractivity contribution is 5.94. The summed E-state index contributed by atoms with van der Waals surface area (Å²) in [5.74, 6) is -0.655. The van der Waals surface area contributed by atoms with Gasteiger partial charge in [-0.25, -0.2) is 4.39 Å². The van der Waals surface area contributed by atoms with Crippen molar-refractivity contribution in [3.63, 3.8) is 0 Å². The van der Waals surface area contributed by atoms with Crippen molar-refractivity contribution in [2.24, 2.45) is 0 Å². The molecule has 0 aliphatic carbocycles. The van der Waals surface area contributed by atoms with E-state index in [1.807, 2.05) is 0 Å². The van der Waals surface area contributed by atoms with Crippen LogP contribution in [0.5, 0.6) is 0 Å². The molecule has 4 nitrogen and oxygen atoms in total. The molecule has 5 heteroatoms. The molecule has 0 radical (unpaired) electrons. The Morgan fingerprint density at radius 3 is 2.72 bits per heavy atom. The Kier molecular flexibility index (Phi) is 5.25. The molecule has 0 bridgehead atoms. The number of nitrogens with zero attached hydrogens (tertiary/aromatic N) is 1. The summed E-state index contributed by atoms with van der Waals surface area (Å²) in [4.78, 5) is 12.7. The van der Waals surface area contributed by atoms with Crippen LogP contribution in [0, 0.1) is 5.82 Å². The highest BCUT2D eigenvalue weighted by Crippen LogP contribution is 2.20. The van der Waals surface area contributed by atoms with Crippen LogP contribution in [0.2, 0.25) is 0 Å². The van der Waals surface area contributed by atoms with Crippen LogP contribution in [-0.4, -0.2) is 44.3 Å². The van der Waals surface area contributed by atoms with Gasteiger partial charge < -0.3 is 14.7 Å². The zero-order chi connectivity index (χ0) is 13.7. The molecule has 0 aliphatic rings. The number of methoxy groups -OCH3 is 1. The molecule has 1 unspecified atom stereocenters. The van der Waals surface area contributed by atoms with E-state index in [9.17, 15) is 14.3 Å². The van der Waals surface area contributed by atoms with E-state index in [-0.39, 0.29) is 18.9 Å².